The minimum atomic E-state index is -1.79. The van der Waals surface area contributed by atoms with E-state index in [-0.39, 0.29) is 18.9 Å². The second kappa shape index (κ2) is 41.2. The molecule has 2 fully saturated rings. The highest BCUT2D eigenvalue weighted by atomic mass is 16.7. The second-order valence-electron chi connectivity index (χ2n) is 17.9. The summed E-state index contributed by atoms with van der Waals surface area (Å²) in [5.41, 5.74) is 0. The Balaban J connectivity index is 1.59. The van der Waals surface area contributed by atoms with Crippen molar-refractivity contribution < 1.29 is 64.6 Å². The van der Waals surface area contributed by atoms with Gasteiger partial charge in [0, 0.05) is 6.42 Å². The summed E-state index contributed by atoms with van der Waals surface area (Å²) in [5, 5.41) is 86.0. The maximum absolute atomic E-state index is 13.0. The first-order chi connectivity index (χ1) is 34.1. The third kappa shape index (κ3) is 27.5. The van der Waals surface area contributed by atoms with Gasteiger partial charge in [-0.25, -0.2) is 0 Å². The van der Waals surface area contributed by atoms with Crippen molar-refractivity contribution in [2.75, 3.05) is 19.8 Å². The van der Waals surface area contributed by atoms with Gasteiger partial charge >= 0.3 is 0 Å². The number of nitrogens with one attached hydrogen (secondary N) is 1. The van der Waals surface area contributed by atoms with E-state index in [9.17, 15) is 45.6 Å². The summed E-state index contributed by atoms with van der Waals surface area (Å²) >= 11 is 0. The van der Waals surface area contributed by atoms with E-state index in [1.54, 1.807) is 0 Å². The molecular weight excluding hydrogens is 895 g/mol. The molecule has 0 aromatic rings. The lowest BCUT2D eigenvalue weighted by molar-refractivity contribution is -0.359. The molecule has 2 rings (SSSR count). The van der Waals surface area contributed by atoms with Crippen LogP contribution in [0.1, 0.15) is 142 Å². The zero-order valence-electron chi connectivity index (χ0n) is 42.2. The topological polar surface area (TPSA) is 228 Å². The minimum Gasteiger partial charge on any atom is -0.394 e. The molecule has 0 saturated carbocycles. The first-order valence-corrected chi connectivity index (χ1v) is 26.1. The lowest BCUT2D eigenvalue weighted by Gasteiger charge is -2.46. The molecule has 14 nitrogen and oxygen atoms in total. The van der Waals surface area contributed by atoms with Crippen LogP contribution in [0.4, 0.5) is 0 Å². The Bertz CT molecular complexity index is 1590. The van der Waals surface area contributed by atoms with E-state index in [4.69, 9.17) is 18.9 Å². The van der Waals surface area contributed by atoms with Gasteiger partial charge in [0.05, 0.1) is 32.0 Å². The number of carbonyl (C=O) groups excluding carboxylic acids is 1. The number of allylic oxidation sites excluding steroid dienone is 18. The van der Waals surface area contributed by atoms with Crippen molar-refractivity contribution in [3.05, 3.63) is 109 Å². The predicted octanol–water partition coefficient (Wildman–Crippen LogP) is 7.32. The third-order valence-electron chi connectivity index (χ3n) is 12.0. The maximum Gasteiger partial charge on any atom is 0.220 e. The number of ether oxygens (including phenoxy) is 4. The van der Waals surface area contributed by atoms with Crippen molar-refractivity contribution in [1.29, 1.82) is 0 Å². The number of aliphatic hydroxyl groups is 8. The van der Waals surface area contributed by atoms with Gasteiger partial charge in [0.15, 0.2) is 12.6 Å². The summed E-state index contributed by atoms with van der Waals surface area (Å²) in [6.07, 6.45) is 40.7. The van der Waals surface area contributed by atoms with E-state index in [2.05, 4.69) is 122 Å². The molecule has 1 amide bonds. The van der Waals surface area contributed by atoms with Gasteiger partial charge in [0.25, 0.3) is 0 Å². The van der Waals surface area contributed by atoms with Crippen molar-refractivity contribution in [3.8, 4) is 0 Å². The van der Waals surface area contributed by atoms with Crippen LogP contribution in [0.5, 0.6) is 0 Å². The SMILES string of the molecule is CC/C=C\C/C=C\C/C=C\C/C=C\C/C=C\C/C=C\C/C=C\C/C=C\C/C=C\CCCCCCCC(=O)NC(COC1OC(CO)C(OC2OC(CO)C(O)C(O)C2O)C(O)C1O)C(O)CCCCC. The lowest BCUT2D eigenvalue weighted by Crippen LogP contribution is -2.65. The van der Waals surface area contributed by atoms with Crippen LogP contribution in [-0.4, -0.2) is 140 Å². The van der Waals surface area contributed by atoms with E-state index in [1.165, 1.54) is 0 Å². The number of hydrogen-bond donors (Lipinski definition) is 9. The smallest absolute Gasteiger partial charge is 0.220 e. The predicted molar refractivity (Wildman–Crippen MR) is 276 cm³/mol. The number of carbonyl (C=O) groups is 1. The highest BCUT2D eigenvalue weighted by Crippen LogP contribution is 2.30. The fourth-order valence-electron chi connectivity index (χ4n) is 7.75. The summed E-state index contributed by atoms with van der Waals surface area (Å²) in [6, 6.07) is -0.843. The Kier molecular flexibility index (Phi) is 36.9. The fourth-order valence-corrected chi connectivity index (χ4v) is 7.75. The fraction of sp³-hybridized carbons (Fsp3) is 0.661. The van der Waals surface area contributed by atoms with E-state index in [0.29, 0.717) is 12.8 Å². The van der Waals surface area contributed by atoms with Gasteiger partial charge in [-0.2, -0.15) is 0 Å². The highest BCUT2D eigenvalue weighted by Gasteiger charge is 2.51. The molecule has 70 heavy (non-hydrogen) atoms. The average molecular weight is 986 g/mol. The Hall–Kier alpha value is -3.35. The quantitative estimate of drug-likeness (QED) is 0.0219. The molecule has 0 spiro atoms. The Morgan fingerprint density at radius 1 is 0.529 bits per heavy atom. The van der Waals surface area contributed by atoms with E-state index in [1.807, 2.05) is 6.92 Å². The molecule has 2 saturated heterocycles. The van der Waals surface area contributed by atoms with Crippen molar-refractivity contribution >= 4 is 5.91 Å². The number of rotatable bonds is 38. The van der Waals surface area contributed by atoms with Crippen LogP contribution in [0.25, 0.3) is 0 Å². The van der Waals surface area contributed by atoms with Crippen LogP contribution >= 0.6 is 0 Å². The van der Waals surface area contributed by atoms with E-state index < -0.39 is 86.8 Å². The molecule has 12 unspecified atom stereocenters. The molecule has 0 aromatic heterocycles. The van der Waals surface area contributed by atoms with Gasteiger partial charge < -0.3 is 65.1 Å². The largest absolute Gasteiger partial charge is 0.394 e. The molecule has 0 bridgehead atoms. The van der Waals surface area contributed by atoms with Gasteiger partial charge in [0.1, 0.15) is 48.8 Å². The van der Waals surface area contributed by atoms with Gasteiger partial charge in [-0.1, -0.05) is 162 Å². The van der Waals surface area contributed by atoms with Crippen LogP contribution in [0.15, 0.2) is 109 Å². The molecule has 2 aliphatic rings. The zero-order chi connectivity index (χ0) is 51.0. The van der Waals surface area contributed by atoms with Crippen LogP contribution in [-0.2, 0) is 23.7 Å². The van der Waals surface area contributed by atoms with Crippen LogP contribution < -0.4 is 5.32 Å². The Morgan fingerprint density at radius 2 is 0.986 bits per heavy atom. The molecule has 2 heterocycles. The summed E-state index contributed by atoms with van der Waals surface area (Å²) in [5.74, 6) is -0.245. The molecule has 0 radical (unpaired) electrons. The number of hydrogen-bond acceptors (Lipinski definition) is 13. The Labute approximate surface area is 419 Å². The van der Waals surface area contributed by atoms with Gasteiger partial charge in [-0.05, 0) is 83.5 Å². The highest BCUT2D eigenvalue weighted by molar-refractivity contribution is 5.76. The van der Waals surface area contributed by atoms with Crippen molar-refractivity contribution in [3.63, 3.8) is 0 Å². The first-order valence-electron chi connectivity index (χ1n) is 26.1. The van der Waals surface area contributed by atoms with Gasteiger partial charge in [-0.15, -0.1) is 0 Å². The van der Waals surface area contributed by atoms with E-state index >= 15 is 0 Å². The molecular formula is C56H91NO13. The molecule has 9 N–H and O–H groups in total. The first kappa shape index (κ1) is 62.8. The number of amides is 1. The minimum absolute atomic E-state index is 0.245. The van der Waals surface area contributed by atoms with Crippen LogP contribution in [0.2, 0.25) is 0 Å². The normalized spacial score (nSPS) is 26.9. The molecule has 14 heteroatoms. The van der Waals surface area contributed by atoms with E-state index in [0.717, 1.165) is 109 Å². The average Bonchev–Trinajstić information content (AvgIpc) is 3.36. The molecule has 398 valence electrons. The summed E-state index contributed by atoms with van der Waals surface area (Å²) in [7, 11) is 0. The van der Waals surface area contributed by atoms with Gasteiger partial charge in [0.2, 0.25) is 5.91 Å². The van der Waals surface area contributed by atoms with Crippen molar-refractivity contribution in [2.45, 2.75) is 216 Å². The van der Waals surface area contributed by atoms with Crippen molar-refractivity contribution in [1.82, 2.24) is 5.32 Å². The maximum atomic E-state index is 13.0. The molecule has 12 atom stereocenters. The number of unbranched alkanes of at least 4 members (excludes halogenated alkanes) is 7. The summed E-state index contributed by atoms with van der Waals surface area (Å²) < 4.78 is 22.5. The summed E-state index contributed by atoms with van der Waals surface area (Å²) in [4.78, 5) is 13.0. The zero-order valence-corrected chi connectivity index (χ0v) is 42.2. The number of aliphatic hydroxyl groups excluding tert-OH is 8. The molecule has 2 aliphatic heterocycles. The summed E-state index contributed by atoms with van der Waals surface area (Å²) in [6.45, 7) is 2.50. The Morgan fingerprint density at radius 3 is 1.49 bits per heavy atom. The van der Waals surface area contributed by atoms with Crippen molar-refractivity contribution in [2.24, 2.45) is 0 Å². The second-order valence-corrected chi connectivity index (χ2v) is 17.9. The van der Waals surface area contributed by atoms with Crippen LogP contribution in [0.3, 0.4) is 0 Å². The van der Waals surface area contributed by atoms with Crippen LogP contribution in [0, 0.1) is 0 Å². The third-order valence-corrected chi connectivity index (χ3v) is 12.0. The standard InChI is InChI=1S/C56H91NO13/c1-3-5-7-8-9-10-11-12-13-14-15-16-17-18-19-20-21-22-23-24-25-26-27-28-29-30-31-32-33-34-35-36-38-40-48(61)57-44(45(60)39-37-6-4-2)43-67-55-53(66)51(64)54(47(42-59)69-55)70-56-52(65)50(63)49(62)46(41-58)68-56/h5,7,9-10,12-13,15-16,18-19,21-22,24-25,27-28,30-31,44-47,49-56,58-60,62-66H,3-4,6,8,11,14,17,20,23,26,29,32-43H2,1-2H3,(H,57,61)/b7-5-,10-9-,13-12-,16-15-,19-18-,22-21-,25-24-,28-27-,31-30-. The lowest BCUT2D eigenvalue weighted by atomic mass is 9.97. The van der Waals surface area contributed by atoms with Gasteiger partial charge in [-0.3, -0.25) is 4.79 Å². The molecule has 0 aromatic carbocycles. The monoisotopic (exact) mass is 986 g/mol. The molecule has 0 aliphatic carbocycles.